The van der Waals surface area contributed by atoms with Crippen LogP contribution in [-0.4, -0.2) is 60.5 Å². The molecule has 0 aliphatic carbocycles. The number of benzene rings is 2. The third kappa shape index (κ3) is 4.14. The van der Waals surface area contributed by atoms with E-state index < -0.39 is 10.8 Å². The van der Waals surface area contributed by atoms with Gasteiger partial charge in [-0.25, -0.2) is 4.39 Å². The first-order chi connectivity index (χ1) is 14.4. The van der Waals surface area contributed by atoms with Gasteiger partial charge in [0.05, 0.1) is 11.3 Å². The molecule has 0 saturated carbocycles. The molecule has 0 bridgehead atoms. The Morgan fingerprint density at radius 2 is 1.57 bits per heavy atom. The van der Waals surface area contributed by atoms with Crippen molar-refractivity contribution < 1.29 is 13.4 Å². The minimum Gasteiger partial charge on any atom is -0.399 e. The lowest BCUT2D eigenvalue weighted by molar-refractivity contribution is 0.0747. The van der Waals surface area contributed by atoms with Gasteiger partial charge < -0.3 is 20.4 Å². The summed E-state index contributed by atoms with van der Waals surface area (Å²) in [4.78, 5) is 19.7. The second kappa shape index (κ2) is 8.63. The maximum atomic E-state index is 14.5. The summed E-state index contributed by atoms with van der Waals surface area (Å²) in [6, 6.07) is 10.3. The molecule has 2 aromatic carbocycles. The van der Waals surface area contributed by atoms with Gasteiger partial charge in [-0.05, 0) is 49.2 Å². The highest BCUT2D eigenvalue weighted by atomic mass is 32.2. The molecule has 1 amide bonds. The van der Waals surface area contributed by atoms with Gasteiger partial charge in [-0.1, -0.05) is 0 Å². The standard InChI is InChI=1S/C22H27FN4O2S/c1-30(29)17-5-7-21(19(23)15-17)26-10-12-27(13-11-26)22(28)18-14-16(24)4-6-20(18)25-8-2-3-9-25/h4-7,14-15H,2-3,8-13,24H2,1H3. The molecule has 2 N–H and O–H groups in total. The fourth-order valence-electron chi connectivity index (χ4n) is 4.20. The zero-order chi connectivity index (χ0) is 21.3. The highest BCUT2D eigenvalue weighted by Crippen LogP contribution is 2.29. The average Bonchev–Trinajstić information content (AvgIpc) is 3.28. The van der Waals surface area contributed by atoms with E-state index >= 15 is 0 Å². The molecule has 2 fully saturated rings. The largest absolute Gasteiger partial charge is 0.399 e. The molecule has 0 aromatic heterocycles. The van der Waals surface area contributed by atoms with E-state index in [-0.39, 0.29) is 11.7 Å². The summed E-state index contributed by atoms with van der Waals surface area (Å²) < 4.78 is 26.1. The lowest BCUT2D eigenvalue weighted by atomic mass is 10.1. The Balaban J connectivity index is 1.48. The van der Waals surface area contributed by atoms with E-state index in [2.05, 4.69) is 4.90 Å². The van der Waals surface area contributed by atoms with E-state index in [1.54, 1.807) is 18.2 Å². The molecule has 2 aliphatic heterocycles. The number of nitrogens with zero attached hydrogens (tertiary/aromatic N) is 3. The summed E-state index contributed by atoms with van der Waals surface area (Å²) in [6.07, 6.45) is 3.80. The summed E-state index contributed by atoms with van der Waals surface area (Å²) in [5.41, 5.74) is 8.64. The first-order valence-electron chi connectivity index (χ1n) is 10.3. The number of carbonyl (C=O) groups is 1. The van der Waals surface area contributed by atoms with E-state index in [1.165, 1.54) is 12.3 Å². The number of rotatable bonds is 4. The number of hydrogen-bond donors (Lipinski definition) is 1. The van der Waals surface area contributed by atoms with E-state index in [0.717, 1.165) is 31.6 Å². The first-order valence-corrected chi connectivity index (χ1v) is 11.8. The van der Waals surface area contributed by atoms with Gasteiger partial charge in [0, 0.05) is 72.6 Å². The van der Waals surface area contributed by atoms with Crippen LogP contribution >= 0.6 is 0 Å². The Bertz CT molecular complexity index is 970. The molecule has 160 valence electrons. The van der Waals surface area contributed by atoms with Gasteiger partial charge in [0.25, 0.3) is 5.91 Å². The fourth-order valence-corrected chi connectivity index (χ4v) is 4.73. The van der Waals surface area contributed by atoms with Crippen LogP contribution in [0.2, 0.25) is 0 Å². The number of nitrogen functional groups attached to an aromatic ring is 1. The molecule has 30 heavy (non-hydrogen) atoms. The van der Waals surface area contributed by atoms with Gasteiger partial charge in [-0.15, -0.1) is 0 Å². The molecular weight excluding hydrogens is 403 g/mol. The van der Waals surface area contributed by atoms with E-state index in [9.17, 15) is 13.4 Å². The third-order valence-corrected chi connectivity index (χ3v) is 6.77. The molecule has 2 saturated heterocycles. The number of carbonyl (C=O) groups excluding carboxylic acids is 1. The lowest BCUT2D eigenvalue weighted by Crippen LogP contribution is -2.49. The topological polar surface area (TPSA) is 69.9 Å². The van der Waals surface area contributed by atoms with E-state index in [1.807, 2.05) is 21.9 Å². The minimum atomic E-state index is -1.22. The highest BCUT2D eigenvalue weighted by molar-refractivity contribution is 7.84. The minimum absolute atomic E-state index is 0.0268. The number of amides is 1. The molecule has 6 nitrogen and oxygen atoms in total. The Labute approximate surface area is 178 Å². The zero-order valence-electron chi connectivity index (χ0n) is 17.1. The van der Waals surface area contributed by atoms with Crippen molar-refractivity contribution in [3.63, 3.8) is 0 Å². The molecule has 2 heterocycles. The van der Waals surface area contributed by atoms with Crippen molar-refractivity contribution in [3.8, 4) is 0 Å². The van der Waals surface area contributed by atoms with E-state index in [4.69, 9.17) is 5.73 Å². The average molecular weight is 431 g/mol. The summed E-state index contributed by atoms with van der Waals surface area (Å²) in [6.45, 7) is 4.00. The molecular formula is C22H27FN4O2S. The maximum Gasteiger partial charge on any atom is 0.256 e. The summed E-state index contributed by atoms with van der Waals surface area (Å²) in [5, 5.41) is 0. The number of anilines is 3. The SMILES string of the molecule is CS(=O)c1ccc(N2CCN(C(=O)c3cc(N)ccc3N3CCCC3)CC2)c(F)c1. The maximum absolute atomic E-state index is 14.5. The zero-order valence-corrected chi connectivity index (χ0v) is 18.0. The Morgan fingerprint density at radius 1 is 0.933 bits per heavy atom. The third-order valence-electron chi connectivity index (χ3n) is 5.86. The second-order valence-corrected chi connectivity index (χ2v) is 9.20. The number of piperazine rings is 1. The van der Waals surface area contributed by atoms with Crippen LogP contribution < -0.4 is 15.5 Å². The van der Waals surface area contributed by atoms with Crippen LogP contribution in [0.25, 0.3) is 0 Å². The normalized spacial score (nSPS) is 18.0. The predicted molar refractivity (Wildman–Crippen MR) is 119 cm³/mol. The van der Waals surface area contributed by atoms with Gasteiger partial charge in [0.15, 0.2) is 0 Å². The van der Waals surface area contributed by atoms with Gasteiger partial charge in [0.2, 0.25) is 0 Å². The molecule has 0 radical (unpaired) electrons. The molecule has 1 atom stereocenters. The van der Waals surface area contributed by atoms with Gasteiger partial charge in [0.1, 0.15) is 5.82 Å². The van der Waals surface area contributed by atoms with Crippen LogP contribution in [0.3, 0.4) is 0 Å². The highest BCUT2D eigenvalue weighted by Gasteiger charge is 2.27. The predicted octanol–water partition coefficient (Wildman–Crippen LogP) is 2.71. The molecule has 4 rings (SSSR count). The van der Waals surface area contributed by atoms with Crippen LogP contribution in [0, 0.1) is 5.82 Å². The van der Waals surface area contributed by atoms with Crippen molar-refractivity contribution in [2.75, 3.05) is 61.1 Å². The Kier molecular flexibility index (Phi) is 5.94. The molecule has 8 heteroatoms. The van der Waals surface area contributed by atoms with Crippen molar-refractivity contribution in [3.05, 3.63) is 47.8 Å². The van der Waals surface area contributed by atoms with Crippen LogP contribution in [-0.2, 0) is 10.8 Å². The number of nitrogens with two attached hydrogens (primary N) is 1. The number of halogens is 1. The lowest BCUT2D eigenvalue weighted by Gasteiger charge is -2.37. The van der Waals surface area contributed by atoms with Crippen LogP contribution in [0.4, 0.5) is 21.5 Å². The second-order valence-electron chi connectivity index (χ2n) is 7.82. The summed E-state index contributed by atoms with van der Waals surface area (Å²) >= 11 is 0. The van der Waals surface area contributed by atoms with Gasteiger partial charge >= 0.3 is 0 Å². The Morgan fingerprint density at radius 3 is 2.20 bits per heavy atom. The van der Waals surface area contributed by atoms with E-state index in [0.29, 0.717) is 48.0 Å². The number of hydrogen-bond acceptors (Lipinski definition) is 5. The van der Waals surface area contributed by atoms with Crippen molar-refractivity contribution in [1.82, 2.24) is 4.90 Å². The summed E-state index contributed by atoms with van der Waals surface area (Å²) in [5.74, 6) is -0.407. The molecule has 2 aliphatic rings. The summed E-state index contributed by atoms with van der Waals surface area (Å²) in [7, 11) is -1.22. The quantitative estimate of drug-likeness (QED) is 0.756. The molecule has 2 aromatic rings. The van der Waals surface area contributed by atoms with Crippen molar-refractivity contribution in [2.45, 2.75) is 17.7 Å². The molecule has 1 unspecified atom stereocenters. The van der Waals surface area contributed by atoms with Crippen molar-refractivity contribution >= 4 is 33.8 Å². The van der Waals surface area contributed by atoms with Crippen LogP contribution in [0.1, 0.15) is 23.2 Å². The van der Waals surface area contributed by atoms with Gasteiger partial charge in [-0.2, -0.15) is 0 Å². The first kappa shape index (κ1) is 20.7. The smallest absolute Gasteiger partial charge is 0.256 e. The molecule has 0 spiro atoms. The van der Waals surface area contributed by atoms with Crippen LogP contribution in [0.5, 0.6) is 0 Å². The van der Waals surface area contributed by atoms with Gasteiger partial charge in [-0.3, -0.25) is 9.00 Å². The Hall–Kier alpha value is -2.61. The monoisotopic (exact) mass is 430 g/mol. The van der Waals surface area contributed by atoms with Crippen LogP contribution in [0.15, 0.2) is 41.3 Å². The van der Waals surface area contributed by atoms with Crippen molar-refractivity contribution in [1.29, 1.82) is 0 Å². The van der Waals surface area contributed by atoms with Crippen molar-refractivity contribution in [2.24, 2.45) is 0 Å². The fraction of sp³-hybridized carbons (Fsp3) is 0.409.